The minimum atomic E-state index is 0.0474. The summed E-state index contributed by atoms with van der Waals surface area (Å²) in [5, 5.41) is 0.908. The van der Waals surface area contributed by atoms with Crippen LogP contribution in [0.15, 0.2) is 47.1 Å². The molecule has 0 radical (unpaired) electrons. The normalized spacial score (nSPS) is 14.5. The fourth-order valence-corrected chi connectivity index (χ4v) is 4.23. The highest BCUT2D eigenvalue weighted by molar-refractivity contribution is 6.01. The molecular weight excluding hydrogens is 406 g/mol. The molecule has 0 saturated carbocycles. The van der Waals surface area contributed by atoms with Crippen molar-refractivity contribution in [1.29, 1.82) is 0 Å². The molecule has 168 valence electrons. The lowest BCUT2D eigenvalue weighted by Gasteiger charge is -2.25. The van der Waals surface area contributed by atoms with Crippen molar-refractivity contribution in [2.24, 2.45) is 0 Å². The molecule has 0 atom stereocenters. The van der Waals surface area contributed by atoms with Crippen molar-refractivity contribution in [3.8, 4) is 28.4 Å². The molecule has 2 aromatic carbocycles. The van der Waals surface area contributed by atoms with Crippen LogP contribution >= 0.6 is 0 Å². The van der Waals surface area contributed by atoms with E-state index >= 15 is 0 Å². The minimum absolute atomic E-state index is 0.0474. The van der Waals surface area contributed by atoms with Crippen LogP contribution in [-0.2, 0) is 4.79 Å². The standard InChI is InChI=1S/C26H29NO5/c1-17(12-26(28)27-10-6-5-7-11-27)19-14-21-22(16-32-25(21)15-24(19)31-4)20-13-18(29-2)8-9-23(20)30-3/h8-9,12-16H,5-7,10-11H2,1-4H3/b17-12+. The average molecular weight is 436 g/mol. The molecule has 1 saturated heterocycles. The van der Waals surface area contributed by atoms with Gasteiger partial charge in [0, 0.05) is 47.3 Å². The van der Waals surface area contributed by atoms with E-state index in [0.717, 1.165) is 65.1 Å². The number of piperidine rings is 1. The lowest BCUT2D eigenvalue weighted by Crippen LogP contribution is -2.34. The molecule has 32 heavy (non-hydrogen) atoms. The Bertz CT molecular complexity index is 1150. The maximum atomic E-state index is 12.8. The van der Waals surface area contributed by atoms with Gasteiger partial charge in [0.05, 0.1) is 27.6 Å². The summed E-state index contributed by atoms with van der Waals surface area (Å²) >= 11 is 0. The van der Waals surface area contributed by atoms with Crippen LogP contribution in [0.3, 0.4) is 0 Å². The van der Waals surface area contributed by atoms with E-state index in [0.29, 0.717) is 11.3 Å². The van der Waals surface area contributed by atoms with E-state index in [1.807, 2.05) is 42.2 Å². The van der Waals surface area contributed by atoms with Gasteiger partial charge in [-0.1, -0.05) is 0 Å². The zero-order chi connectivity index (χ0) is 22.7. The highest BCUT2D eigenvalue weighted by atomic mass is 16.5. The van der Waals surface area contributed by atoms with E-state index in [4.69, 9.17) is 18.6 Å². The van der Waals surface area contributed by atoms with E-state index in [-0.39, 0.29) is 5.91 Å². The Balaban J connectivity index is 1.79. The summed E-state index contributed by atoms with van der Waals surface area (Å²) < 4.78 is 22.5. The predicted molar refractivity (Wildman–Crippen MR) is 125 cm³/mol. The number of furan rings is 1. The summed E-state index contributed by atoms with van der Waals surface area (Å²) in [5.41, 5.74) is 4.15. The number of rotatable bonds is 6. The number of fused-ring (bicyclic) bond motifs is 1. The molecule has 4 rings (SSSR count). The molecule has 0 unspecified atom stereocenters. The van der Waals surface area contributed by atoms with Gasteiger partial charge in [-0.3, -0.25) is 4.79 Å². The first-order valence-electron chi connectivity index (χ1n) is 10.8. The second-order valence-electron chi connectivity index (χ2n) is 7.98. The molecular formula is C26H29NO5. The SMILES string of the molecule is COc1ccc(OC)c(-c2coc3cc(OC)c(/C(C)=C/C(=O)N4CCCCC4)cc23)c1. The van der Waals surface area contributed by atoms with Gasteiger partial charge in [-0.05, 0) is 56.0 Å². The third-order valence-electron chi connectivity index (χ3n) is 6.02. The molecule has 6 nitrogen and oxygen atoms in total. The molecule has 0 bridgehead atoms. The number of methoxy groups -OCH3 is 3. The molecule has 0 spiro atoms. The second kappa shape index (κ2) is 9.39. The van der Waals surface area contributed by atoms with Gasteiger partial charge in [-0.2, -0.15) is 0 Å². The van der Waals surface area contributed by atoms with Crippen molar-refractivity contribution in [3.63, 3.8) is 0 Å². The third-order valence-corrected chi connectivity index (χ3v) is 6.02. The van der Waals surface area contributed by atoms with Gasteiger partial charge in [0.1, 0.15) is 22.8 Å². The predicted octanol–water partition coefficient (Wildman–Crippen LogP) is 5.54. The number of hydrogen-bond acceptors (Lipinski definition) is 5. The Morgan fingerprint density at radius 1 is 0.938 bits per heavy atom. The topological polar surface area (TPSA) is 61.1 Å². The number of allylic oxidation sites excluding steroid dienone is 1. The molecule has 2 heterocycles. The van der Waals surface area contributed by atoms with E-state index in [1.54, 1.807) is 33.7 Å². The zero-order valence-corrected chi connectivity index (χ0v) is 19.1. The van der Waals surface area contributed by atoms with Crippen molar-refractivity contribution in [1.82, 2.24) is 4.90 Å². The van der Waals surface area contributed by atoms with Crippen LogP contribution in [-0.4, -0.2) is 45.2 Å². The van der Waals surface area contributed by atoms with Crippen molar-refractivity contribution in [2.75, 3.05) is 34.4 Å². The number of ether oxygens (including phenoxy) is 3. The first-order valence-corrected chi connectivity index (χ1v) is 10.8. The lowest BCUT2D eigenvalue weighted by atomic mass is 9.98. The average Bonchev–Trinajstić information content (AvgIpc) is 3.25. The quantitative estimate of drug-likeness (QED) is 0.476. The summed E-state index contributed by atoms with van der Waals surface area (Å²) in [6.45, 7) is 3.58. The molecule has 0 aliphatic carbocycles. The van der Waals surface area contributed by atoms with E-state index in [9.17, 15) is 4.79 Å². The highest BCUT2D eigenvalue weighted by Gasteiger charge is 2.19. The maximum absolute atomic E-state index is 12.8. The van der Waals surface area contributed by atoms with Crippen LogP contribution in [0.25, 0.3) is 27.7 Å². The van der Waals surface area contributed by atoms with Crippen LogP contribution in [0.4, 0.5) is 0 Å². The summed E-state index contributed by atoms with van der Waals surface area (Å²) in [5.74, 6) is 2.16. The molecule has 6 heteroatoms. The second-order valence-corrected chi connectivity index (χ2v) is 7.98. The molecule has 3 aromatic rings. The summed E-state index contributed by atoms with van der Waals surface area (Å²) in [6, 6.07) is 9.54. The lowest BCUT2D eigenvalue weighted by molar-refractivity contribution is -0.126. The summed E-state index contributed by atoms with van der Waals surface area (Å²) in [4.78, 5) is 14.7. The van der Waals surface area contributed by atoms with Crippen molar-refractivity contribution in [3.05, 3.63) is 48.2 Å². The van der Waals surface area contributed by atoms with Crippen molar-refractivity contribution in [2.45, 2.75) is 26.2 Å². The van der Waals surface area contributed by atoms with Gasteiger partial charge in [0.2, 0.25) is 5.91 Å². The van der Waals surface area contributed by atoms with Crippen LogP contribution in [0.5, 0.6) is 17.2 Å². The van der Waals surface area contributed by atoms with E-state index in [1.165, 1.54) is 6.42 Å². The number of carbonyl (C=O) groups is 1. The van der Waals surface area contributed by atoms with Gasteiger partial charge in [-0.25, -0.2) is 0 Å². The van der Waals surface area contributed by atoms with Crippen molar-refractivity contribution < 1.29 is 23.4 Å². The van der Waals surface area contributed by atoms with Crippen LogP contribution in [0.1, 0.15) is 31.7 Å². The van der Waals surface area contributed by atoms with Gasteiger partial charge < -0.3 is 23.5 Å². The Morgan fingerprint density at radius 3 is 2.38 bits per heavy atom. The number of hydrogen-bond donors (Lipinski definition) is 0. The first kappa shape index (κ1) is 21.8. The number of amides is 1. The Morgan fingerprint density at radius 2 is 1.69 bits per heavy atom. The molecule has 1 aliphatic rings. The minimum Gasteiger partial charge on any atom is -0.497 e. The number of nitrogens with zero attached hydrogens (tertiary/aromatic N) is 1. The van der Waals surface area contributed by atoms with Gasteiger partial charge in [0.25, 0.3) is 0 Å². The van der Waals surface area contributed by atoms with Crippen molar-refractivity contribution >= 4 is 22.4 Å². The fourth-order valence-electron chi connectivity index (χ4n) is 4.23. The monoisotopic (exact) mass is 435 g/mol. The number of benzene rings is 2. The Labute approximate surface area is 188 Å². The Kier molecular flexibility index (Phi) is 6.40. The molecule has 1 fully saturated rings. The molecule has 1 aliphatic heterocycles. The summed E-state index contributed by atoms with van der Waals surface area (Å²) in [6.07, 6.45) is 6.74. The first-order chi connectivity index (χ1) is 15.5. The largest absolute Gasteiger partial charge is 0.497 e. The van der Waals surface area contributed by atoms with Crippen LogP contribution < -0.4 is 14.2 Å². The Hall–Kier alpha value is -3.41. The molecule has 0 N–H and O–H groups in total. The number of carbonyl (C=O) groups excluding carboxylic acids is 1. The third kappa shape index (κ3) is 4.17. The number of likely N-dealkylation sites (tertiary alicyclic amines) is 1. The van der Waals surface area contributed by atoms with E-state index in [2.05, 4.69) is 0 Å². The van der Waals surface area contributed by atoms with Gasteiger partial charge in [0.15, 0.2) is 0 Å². The van der Waals surface area contributed by atoms with Gasteiger partial charge >= 0.3 is 0 Å². The van der Waals surface area contributed by atoms with Crippen LogP contribution in [0.2, 0.25) is 0 Å². The molecule has 1 aromatic heterocycles. The maximum Gasteiger partial charge on any atom is 0.246 e. The highest BCUT2D eigenvalue weighted by Crippen LogP contribution is 2.41. The van der Waals surface area contributed by atoms with Gasteiger partial charge in [-0.15, -0.1) is 0 Å². The van der Waals surface area contributed by atoms with E-state index < -0.39 is 0 Å². The van der Waals surface area contributed by atoms with Crippen LogP contribution in [0, 0.1) is 0 Å². The summed E-state index contributed by atoms with van der Waals surface area (Å²) in [7, 11) is 4.90. The zero-order valence-electron chi connectivity index (χ0n) is 19.1. The molecule has 1 amide bonds. The fraction of sp³-hybridized carbons (Fsp3) is 0.346. The smallest absolute Gasteiger partial charge is 0.246 e.